The quantitative estimate of drug-likeness (QED) is 0.857. The Labute approximate surface area is 153 Å². The Morgan fingerprint density at radius 1 is 1.27 bits per heavy atom. The molecule has 26 heavy (non-hydrogen) atoms. The first-order valence-corrected chi connectivity index (χ1v) is 9.19. The molecule has 1 fully saturated rings. The number of alkyl halides is 3. The Bertz CT molecular complexity index is 728. The van der Waals surface area contributed by atoms with Crippen molar-refractivity contribution in [2.45, 2.75) is 12.2 Å². The molecule has 0 aliphatic carbocycles. The first-order chi connectivity index (χ1) is 12.4. The third-order valence-electron chi connectivity index (χ3n) is 4.32. The van der Waals surface area contributed by atoms with Gasteiger partial charge in [0.05, 0.1) is 24.8 Å². The number of amides is 1. The summed E-state index contributed by atoms with van der Waals surface area (Å²) in [5.41, 5.74) is 0.264. The maximum atomic E-state index is 12.8. The highest BCUT2D eigenvalue weighted by Crippen LogP contribution is 2.29. The van der Waals surface area contributed by atoms with E-state index in [1.807, 2.05) is 16.8 Å². The lowest BCUT2D eigenvalue weighted by Crippen LogP contribution is -2.43. The molecule has 1 aromatic carbocycles. The van der Waals surface area contributed by atoms with Gasteiger partial charge >= 0.3 is 6.18 Å². The van der Waals surface area contributed by atoms with Crippen LogP contribution in [0.5, 0.6) is 0 Å². The first kappa shape index (κ1) is 18.9. The van der Waals surface area contributed by atoms with Gasteiger partial charge in [-0.25, -0.2) is 0 Å². The summed E-state index contributed by atoms with van der Waals surface area (Å²) in [7, 11) is 0. The standard InChI is InChI=1S/C18H19F3N2O2S/c19-18(20,21)15-3-1-2-13(10-15)17(24)22-11-16(14-4-9-26-12-14)23-5-7-25-8-6-23/h1-4,9-10,12,16H,5-8,11H2,(H,22,24)/t16-/m1/s1. The number of rotatable bonds is 5. The molecular weight excluding hydrogens is 365 g/mol. The summed E-state index contributed by atoms with van der Waals surface area (Å²) < 4.78 is 43.8. The van der Waals surface area contributed by atoms with Crippen molar-refractivity contribution < 1.29 is 22.7 Å². The fourth-order valence-corrected chi connectivity index (χ4v) is 3.65. The molecule has 1 aromatic heterocycles. The minimum atomic E-state index is -4.47. The Kier molecular flexibility index (Phi) is 5.95. The predicted molar refractivity (Wildman–Crippen MR) is 93.2 cm³/mol. The Morgan fingerprint density at radius 2 is 2.04 bits per heavy atom. The van der Waals surface area contributed by atoms with E-state index in [1.165, 1.54) is 12.1 Å². The zero-order valence-corrected chi connectivity index (χ0v) is 14.8. The van der Waals surface area contributed by atoms with Crippen LogP contribution in [0.1, 0.15) is 27.5 Å². The largest absolute Gasteiger partial charge is 0.416 e. The van der Waals surface area contributed by atoms with Gasteiger partial charge in [0.2, 0.25) is 0 Å². The molecule has 0 unspecified atom stereocenters. The monoisotopic (exact) mass is 384 g/mol. The summed E-state index contributed by atoms with van der Waals surface area (Å²) in [4.78, 5) is 14.6. The zero-order chi connectivity index (χ0) is 18.6. The second-order valence-corrected chi connectivity index (χ2v) is 6.79. The van der Waals surface area contributed by atoms with Crippen LogP contribution in [0.4, 0.5) is 13.2 Å². The summed E-state index contributed by atoms with van der Waals surface area (Å²) in [5.74, 6) is -0.510. The lowest BCUT2D eigenvalue weighted by atomic mass is 10.1. The van der Waals surface area contributed by atoms with Gasteiger partial charge in [0.25, 0.3) is 5.91 Å². The second-order valence-electron chi connectivity index (χ2n) is 6.01. The van der Waals surface area contributed by atoms with E-state index in [2.05, 4.69) is 10.2 Å². The molecule has 0 bridgehead atoms. The van der Waals surface area contributed by atoms with Crippen molar-refractivity contribution in [3.63, 3.8) is 0 Å². The number of hydrogen-bond acceptors (Lipinski definition) is 4. The molecule has 1 atom stereocenters. The van der Waals surface area contributed by atoms with Crippen LogP contribution in [0.3, 0.4) is 0 Å². The highest BCUT2D eigenvalue weighted by atomic mass is 32.1. The number of thiophene rings is 1. The average molecular weight is 384 g/mol. The number of carbonyl (C=O) groups excluding carboxylic acids is 1. The molecule has 1 amide bonds. The highest BCUT2D eigenvalue weighted by Gasteiger charge is 2.31. The van der Waals surface area contributed by atoms with Gasteiger partial charge in [-0.3, -0.25) is 9.69 Å². The number of benzene rings is 1. The van der Waals surface area contributed by atoms with Crippen molar-refractivity contribution in [1.82, 2.24) is 10.2 Å². The fourth-order valence-electron chi connectivity index (χ4n) is 2.94. The van der Waals surface area contributed by atoms with Crippen molar-refractivity contribution in [3.8, 4) is 0 Å². The van der Waals surface area contributed by atoms with E-state index in [0.717, 1.165) is 30.8 Å². The molecule has 0 spiro atoms. The zero-order valence-electron chi connectivity index (χ0n) is 14.0. The number of hydrogen-bond donors (Lipinski definition) is 1. The number of nitrogens with one attached hydrogen (secondary N) is 1. The smallest absolute Gasteiger partial charge is 0.379 e. The summed E-state index contributed by atoms with van der Waals surface area (Å²) in [6.45, 7) is 3.08. The van der Waals surface area contributed by atoms with E-state index < -0.39 is 17.6 Å². The first-order valence-electron chi connectivity index (χ1n) is 8.24. The minimum Gasteiger partial charge on any atom is -0.379 e. The number of nitrogens with zero attached hydrogens (tertiary/aromatic N) is 1. The van der Waals surface area contributed by atoms with Crippen LogP contribution in [0.25, 0.3) is 0 Å². The number of morpholine rings is 1. The van der Waals surface area contributed by atoms with Crippen molar-refractivity contribution in [2.24, 2.45) is 0 Å². The molecule has 8 heteroatoms. The molecule has 1 aliphatic heterocycles. The van der Waals surface area contributed by atoms with Crippen LogP contribution >= 0.6 is 11.3 Å². The normalized spacial score (nSPS) is 17.0. The number of ether oxygens (including phenoxy) is 1. The van der Waals surface area contributed by atoms with Crippen molar-refractivity contribution >= 4 is 17.2 Å². The number of carbonyl (C=O) groups is 1. The Balaban J connectivity index is 1.70. The van der Waals surface area contributed by atoms with Crippen LogP contribution in [0.15, 0.2) is 41.1 Å². The number of halogens is 3. The maximum absolute atomic E-state index is 12.8. The summed E-state index contributed by atoms with van der Waals surface area (Å²) >= 11 is 1.57. The van der Waals surface area contributed by atoms with Gasteiger partial charge in [-0.15, -0.1) is 0 Å². The Morgan fingerprint density at radius 3 is 2.69 bits per heavy atom. The van der Waals surface area contributed by atoms with Crippen LogP contribution in [0, 0.1) is 0 Å². The average Bonchev–Trinajstić information content (AvgIpc) is 3.16. The third-order valence-corrected chi connectivity index (χ3v) is 5.02. The maximum Gasteiger partial charge on any atom is 0.416 e. The Hall–Kier alpha value is -1.90. The van der Waals surface area contributed by atoms with Gasteiger partial charge in [-0.05, 0) is 40.6 Å². The lowest BCUT2D eigenvalue weighted by molar-refractivity contribution is -0.137. The van der Waals surface area contributed by atoms with Gasteiger partial charge in [0.15, 0.2) is 0 Å². The topological polar surface area (TPSA) is 41.6 Å². The molecule has 2 aromatic rings. The SMILES string of the molecule is O=C(NC[C@H](c1ccsc1)N1CCOCC1)c1cccc(C(F)(F)F)c1. The van der Waals surface area contributed by atoms with Crippen molar-refractivity contribution in [2.75, 3.05) is 32.8 Å². The van der Waals surface area contributed by atoms with E-state index in [9.17, 15) is 18.0 Å². The van der Waals surface area contributed by atoms with Gasteiger partial charge < -0.3 is 10.1 Å². The van der Waals surface area contributed by atoms with E-state index in [1.54, 1.807) is 11.3 Å². The predicted octanol–water partition coefficient (Wildman–Crippen LogP) is 3.57. The van der Waals surface area contributed by atoms with Crippen molar-refractivity contribution in [1.29, 1.82) is 0 Å². The van der Waals surface area contributed by atoms with Gasteiger partial charge in [0, 0.05) is 25.2 Å². The molecule has 2 heterocycles. The fraction of sp³-hybridized carbons (Fsp3) is 0.389. The third kappa shape index (κ3) is 4.63. The summed E-state index contributed by atoms with van der Waals surface area (Å²) in [5, 5.41) is 6.77. The molecule has 140 valence electrons. The van der Waals surface area contributed by atoms with Crippen LogP contribution in [-0.2, 0) is 10.9 Å². The molecule has 3 rings (SSSR count). The van der Waals surface area contributed by atoms with Crippen LogP contribution in [-0.4, -0.2) is 43.7 Å². The van der Waals surface area contributed by atoms with Gasteiger partial charge in [0.1, 0.15) is 0 Å². The molecule has 1 saturated heterocycles. The van der Waals surface area contributed by atoms with Crippen LogP contribution < -0.4 is 5.32 Å². The molecular formula is C18H19F3N2O2S. The highest BCUT2D eigenvalue weighted by molar-refractivity contribution is 7.07. The van der Waals surface area contributed by atoms with E-state index >= 15 is 0 Å². The summed E-state index contributed by atoms with van der Waals surface area (Å²) in [6, 6.07) is 6.44. The molecule has 4 nitrogen and oxygen atoms in total. The minimum absolute atomic E-state index is 0.00544. The molecule has 0 radical (unpaired) electrons. The molecule has 1 N–H and O–H groups in total. The van der Waals surface area contributed by atoms with Gasteiger partial charge in [-0.2, -0.15) is 24.5 Å². The molecule has 0 saturated carbocycles. The van der Waals surface area contributed by atoms with E-state index in [4.69, 9.17) is 4.74 Å². The van der Waals surface area contributed by atoms with Crippen molar-refractivity contribution in [3.05, 3.63) is 57.8 Å². The lowest BCUT2D eigenvalue weighted by Gasteiger charge is -2.34. The van der Waals surface area contributed by atoms with Crippen LogP contribution in [0.2, 0.25) is 0 Å². The molecule has 1 aliphatic rings. The summed E-state index contributed by atoms with van der Waals surface area (Å²) in [6.07, 6.45) is -4.47. The van der Waals surface area contributed by atoms with Gasteiger partial charge in [-0.1, -0.05) is 6.07 Å². The second kappa shape index (κ2) is 8.20. The van der Waals surface area contributed by atoms with E-state index in [-0.39, 0.29) is 11.6 Å². The van der Waals surface area contributed by atoms with E-state index in [0.29, 0.717) is 19.8 Å².